The lowest BCUT2D eigenvalue weighted by Gasteiger charge is -2.37. The Kier molecular flexibility index (Phi) is 9.50. The molecule has 4 amide bonds. The van der Waals surface area contributed by atoms with Gasteiger partial charge < -0.3 is 10.2 Å². The van der Waals surface area contributed by atoms with E-state index in [4.69, 9.17) is 4.98 Å². The van der Waals surface area contributed by atoms with Gasteiger partial charge in [0.2, 0.25) is 17.7 Å². The van der Waals surface area contributed by atoms with E-state index in [9.17, 15) is 24.4 Å². The first kappa shape index (κ1) is 31.5. The van der Waals surface area contributed by atoms with E-state index in [-0.39, 0.29) is 35.9 Å². The molecule has 2 heterocycles. The molecule has 9 nitrogen and oxygen atoms in total. The Morgan fingerprint density at radius 3 is 2.46 bits per heavy atom. The quantitative estimate of drug-likeness (QED) is 0.246. The van der Waals surface area contributed by atoms with Crippen molar-refractivity contribution in [1.82, 2.24) is 9.88 Å². The van der Waals surface area contributed by atoms with Crippen molar-refractivity contribution < 1.29 is 19.2 Å². The summed E-state index contributed by atoms with van der Waals surface area (Å²) < 4.78 is 0. The van der Waals surface area contributed by atoms with Crippen LogP contribution >= 0.6 is 11.8 Å². The number of carbonyl (C=O) groups excluding carboxylic acids is 4. The van der Waals surface area contributed by atoms with Gasteiger partial charge in [-0.15, -0.1) is 0 Å². The molecule has 2 aliphatic carbocycles. The van der Waals surface area contributed by atoms with Gasteiger partial charge >= 0.3 is 0 Å². The summed E-state index contributed by atoms with van der Waals surface area (Å²) in [5, 5.41) is 13.2. The summed E-state index contributed by atoms with van der Waals surface area (Å²) >= 11 is 1.24. The predicted octanol–water partition coefficient (Wildman–Crippen LogP) is 5.77. The van der Waals surface area contributed by atoms with Crippen LogP contribution in [0.25, 0.3) is 0 Å². The summed E-state index contributed by atoms with van der Waals surface area (Å²) in [5.41, 5.74) is 4.77. The summed E-state index contributed by atoms with van der Waals surface area (Å²) in [6.07, 6.45) is 7.07. The first-order chi connectivity index (χ1) is 22.3. The van der Waals surface area contributed by atoms with E-state index < -0.39 is 11.9 Å². The normalized spacial score (nSPS) is 19.8. The topological polar surface area (TPSA) is 123 Å². The Hall–Kier alpha value is -4.49. The van der Waals surface area contributed by atoms with Gasteiger partial charge in [-0.1, -0.05) is 61.4 Å². The number of nitrogens with one attached hydrogen (secondary N) is 1. The van der Waals surface area contributed by atoms with Gasteiger partial charge in [0.05, 0.1) is 23.4 Å². The van der Waals surface area contributed by atoms with Crippen molar-refractivity contribution in [3.8, 4) is 6.07 Å². The van der Waals surface area contributed by atoms with E-state index in [0.29, 0.717) is 27.9 Å². The monoisotopic (exact) mass is 635 g/mol. The fourth-order valence-electron chi connectivity index (χ4n) is 7.04. The molecule has 10 heteroatoms. The van der Waals surface area contributed by atoms with Crippen molar-refractivity contribution in [1.29, 1.82) is 5.26 Å². The molecule has 1 aromatic heterocycles. The SMILES string of the molecule is CC(=O)Nc1ccc(N2C(=O)CC(N(C(=O)CSc3nc4c(cc3C#N)CC(c3ccccc3)CC4)C3CCCCC3)C2=O)cc1. The number of nitrogens with zero attached hydrogens (tertiary/aromatic N) is 4. The van der Waals surface area contributed by atoms with Crippen molar-refractivity contribution in [2.45, 2.75) is 87.7 Å². The molecule has 2 fully saturated rings. The molecule has 2 aromatic carbocycles. The summed E-state index contributed by atoms with van der Waals surface area (Å²) in [7, 11) is 0. The first-order valence-corrected chi connectivity index (χ1v) is 17.0. The molecule has 2 unspecified atom stereocenters. The number of aryl methyl sites for hydroxylation is 1. The van der Waals surface area contributed by atoms with Gasteiger partial charge in [-0.2, -0.15) is 5.26 Å². The number of aromatic nitrogens is 1. The van der Waals surface area contributed by atoms with Crippen molar-refractivity contribution >= 4 is 46.8 Å². The average molecular weight is 636 g/mol. The molecule has 0 radical (unpaired) electrons. The maximum absolute atomic E-state index is 14.0. The minimum Gasteiger partial charge on any atom is -0.326 e. The molecule has 2 atom stereocenters. The van der Waals surface area contributed by atoms with Crippen molar-refractivity contribution in [3.63, 3.8) is 0 Å². The molecular formula is C36H37N5O4S. The number of imide groups is 1. The van der Waals surface area contributed by atoms with Crippen LogP contribution in [0.3, 0.4) is 0 Å². The Labute approximate surface area is 273 Å². The Morgan fingerprint density at radius 1 is 1.02 bits per heavy atom. The minimum absolute atomic E-state index is 0.0208. The minimum atomic E-state index is -0.888. The number of thioether (sulfide) groups is 1. The Bertz CT molecular complexity index is 1680. The highest BCUT2D eigenvalue weighted by atomic mass is 32.2. The number of rotatable bonds is 8. The van der Waals surface area contributed by atoms with Crippen molar-refractivity contribution in [2.75, 3.05) is 16.0 Å². The lowest BCUT2D eigenvalue weighted by molar-refractivity contribution is -0.139. The summed E-state index contributed by atoms with van der Waals surface area (Å²) in [6, 6.07) is 20.1. The van der Waals surface area contributed by atoms with Gasteiger partial charge in [0.1, 0.15) is 17.1 Å². The fraction of sp³-hybridized carbons (Fsp3) is 0.389. The third-order valence-electron chi connectivity index (χ3n) is 9.24. The van der Waals surface area contributed by atoms with Gasteiger partial charge in [0.15, 0.2) is 0 Å². The molecule has 0 bridgehead atoms. The van der Waals surface area contributed by atoms with Crippen LogP contribution in [0.1, 0.15) is 80.2 Å². The van der Waals surface area contributed by atoms with Crippen molar-refractivity contribution in [3.05, 3.63) is 83.0 Å². The highest BCUT2D eigenvalue weighted by molar-refractivity contribution is 8.00. The number of benzene rings is 2. The van der Waals surface area contributed by atoms with Gasteiger partial charge in [-0.05, 0) is 79.5 Å². The van der Waals surface area contributed by atoms with E-state index in [0.717, 1.165) is 67.5 Å². The van der Waals surface area contributed by atoms with Crippen LogP contribution in [0.15, 0.2) is 65.7 Å². The van der Waals surface area contributed by atoms with E-state index in [1.807, 2.05) is 12.1 Å². The van der Waals surface area contributed by atoms with Crippen LogP contribution in [-0.4, -0.2) is 51.3 Å². The van der Waals surface area contributed by atoms with Crippen LogP contribution in [0, 0.1) is 11.3 Å². The van der Waals surface area contributed by atoms with Crippen LogP contribution in [0.2, 0.25) is 0 Å². The number of pyridine rings is 1. The van der Waals surface area contributed by atoms with Crippen LogP contribution in [0.5, 0.6) is 0 Å². The summed E-state index contributed by atoms with van der Waals surface area (Å²) in [4.78, 5) is 60.1. The highest BCUT2D eigenvalue weighted by Crippen LogP contribution is 2.36. The largest absolute Gasteiger partial charge is 0.326 e. The number of anilines is 2. The molecule has 1 saturated carbocycles. The molecule has 1 aliphatic heterocycles. The van der Waals surface area contributed by atoms with Crippen LogP contribution in [-0.2, 0) is 32.0 Å². The van der Waals surface area contributed by atoms with Crippen LogP contribution in [0.4, 0.5) is 11.4 Å². The second-order valence-electron chi connectivity index (χ2n) is 12.3. The number of hydrogen-bond acceptors (Lipinski definition) is 7. The molecule has 0 spiro atoms. The number of nitriles is 1. The molecule has 3 aliphatic rings. The summed E-state index contributed by atoms with van der Waals surface area (Å²) in [6.45, 7) is 1.41. The van der Waals surface area contributed by atoms with Gasteiger partial charge in [0, 0.05) is 24.3 Å². The molecule has 236 valence electrons. The molecule has 1 saturated heterocycles. The van der Waals surface area contributed by atoms with E-state index >= 15 is 0 Å². The zero-order valence-corrected chi connectivity index (χ0v) is 26.7. The zero-order valence-electron chi connectivity index (χ0n) is 25.9. The maximum Gasteiger partial charge on any atom is 0.257 e. The van der Waals surface area contributed by atoms with Crippen molar-refractivity contribution in [2.24, 2.45) is 0 Å². The maximum atomic E-state index is 14.0. The second-order valence-corrected chi connectivity index (χ2v) is 13.3. The predicted molar refractivity (Wildman–Crippen MR) is 176 cm³/mol. The number of amides is 4. The standard InChI is InChI=1S/C36H37N5O4S/c1-23(42)38-28-13-15-30(16-14-28)41-33(43)20-32(36(41)45)40(29-10-6-3-7-11-29)34(44)22-46-35-27(21-37)19-26-18-25(12-17-31(26)39-35)24-8-4-2-5-9-24/h2,4-5,8-9,13-16,19,25,29,32H,3,6-7,10-12,17-18,20,22H2,1H3,(H,38,42). The summed E-state index contributed by atoms with van der Waals surface area (Å²) in [5.74, 6) is -0.817. The van der Waals surface area contributed by atoms with E-state index in [2.05, 4.69) is 35.7 Å². The van der Waals surface area contributed by atoms with Crippen LogP contribution < -0.4 is 10.2 Å². The first-order valence-electron chi connectivity index (χ1n) is 16.0. The molecule has 46 heavy (non-hydrogen) atoms. The highest BCUT2D eigenvalue weighted by Gasteiger charge is 2.46. The smallest absolute Gasteiger partial charge is 0.257 e. The van der Waals surface area contributed by atoms with E-state index in [1.54, 1.807) is 29.2 Å². The number of carbonyl (C=O) groups is 4. The Balaban J connectivity index is 1.19. The third kappa shape index (κ3) is 6.70. The van der Waals surface area contributed by atoms with E-state index in [1.165, 1.54) is 24.2 Å². The lowest BCUT2D eigenvalue weighted by atomic mass is 9.82. The second kappa shape index (κ2) is 13.9. The number of fused-ring (bicyclic) bond motifs is 1. The number of hydrogen-bond donors (Lipinski definition) is 1. The van der Waals surface area contributed by atoms with Gasteiger partial charge in [-0.25, -0.2) is 9.88 Å². The molecular weight excluding hydrogens is 598 g/mol. The molecule has 3 aromatic rings. The van der Waals surface area contributed by atoms with Gasteiger partial charge in [0.25, 0.3) is 5.91 Å². The molecule has 1 N–H and O–H groups in total. The van der Waals surface area contributed by atoms with Gasteiger partial charge in [-0.3, -0.25) is 19.2 Å². The average Bonchev–Trinajstić information content (AvgIpc) is 3.36. The Morgan fingerprint density at radius 2 is 1.76 bits per heavy atom. The zero-order chi connectivity index (χ0) is 32.2. The molecule has 6 rings (SSSR count). The fourth-order valence-corrected chi connectivity index (χ4v) is 7.89. The third-order valence-corrected chi connectivity index (χ3v) is 10.2. The lowest BCUT2D eigenvalue weighted by Crippen LogP contribution is -2.52.